The number of amides is 2. The third kappa shape index (κ3) is 5.14. The van der Waals surface area contributed by atoms with Crippen molar-refractivity contribution >= 4 is 6.03 Å². The summed E-state index contributed by atoms with van der Waals surface area (Å²) in [6.45, 7) is 6.19. The van der Waals surface area contributed by atoms with Gasteiger partial charge in [-0.05, 0) is 24.1 Å². The third-order valence-corrected chi connectivity index (χ3v) is 5.00. The van der Waals surface area contributed by atoms with Gasteiger partial charge in [-0.3, -0.25) is 9.88 Å². The number of hydrogen-bond acceptors (Lipinski definition) is 5. The summed E-state index contributed by atoms with van der Waals surface area (Å²) in [6, 6.07) is 4.12. The van der Waals surface area contributed by atoms with Crippen molar-refractivity contribution in [2.45, 2.75) is 19.0 Å². The number of carbonyl (C=O) groups is 1. The second kappa shape index (κ2) is 9.12. The topological polar surface area (TPSA) is 66.9 Å². The van der Waals surface area contributed by atoms with Gasteiger partial charge in [-0.2, -0.15) is 0 Å². The lowest BCUT2D eigenvalue weighted by Crippen LogP contribution is -2.53. The van der Waals surface area contributed by atoms with Crippen LogP contribution in [0.1, 0.15) is 12.0 Å². The molecule has 2 aliphatic heterocycles. The highest BCUT2D eigenvalue weighted by atomic mass is 16.5. The van der Waals surface area contributed by atoms with E-state index in [1.807, 2.05) is 19.2 Å². The molecule has 7 heteroatoms. The van der Waals surface area contributed by atoms with Gasteiger partial charge in [0.15, 0.2) is 0 Å². The van der Waals surface area contributed by atoms with Crippen LogP contribution in [0.5, 0.6) is 0 Å². The Labute approximate surface area is 149 Å². The zero-order valence-electron chi connectivity index (χ0n) is 14.9. The molecule has 0 radical (unpaired) electrons. The van der Waals surface area contributed by atoms with E-state index in [-0.39, 0.29) is 6.03 Å². The van der Waals surface area contributed by atoms with Crippen LogP contribution in [0.15, 0.2) is 24.5 Å². The fourth-order valence-electron chi connectivity index (χ4n) is 3.52. The SMILES string of the molecule is CN(Cc1ccncc1)C(=O)NC[C@@H]([C@H]1CCOC1)N1CCOCC1. The van der Waals surface area contributed by atoms with Crippen LogP contribution in [0.25, 0.3) is 0 Å². The summed E-state index contributed by atoms with van der Waals surface area (Å²) < 4.78 is 11.0. The molecule has 3 rings (SSSR count). The number of nitrogens with one attached hydrogen (secondary N) is 1. The molecule has 0 unspecified atom stereocenters. The van der Waals surface area contributed by atoms with E-state index in [1.54, 1.807) is 17.3 Å². The largest absolute Gasteiger partial charge is 0.381 e. The zero-order valence-corrected chi connectivity index (χ0v) is 14.9. The number of aromatic nitrogens is 1. The van der Waals surface area contributed by atoms with Gasteiger partial charge in [0.05, 0.1) is 19.8 Å². The zero-order chi connectivity index (χ0) is 17.5. The lowest BCUT2D eigenvalue weighted by atomic mass is 9.97. The monoisotopic (exact) mass is 348 g/mol. The molecule has 1 aromatic rings. The second-order valence-electron chi connectivity index (χ2n) is 6.74. The van der Waals surface area contributed by atoms with Gasteiger partial charge in [0, 0.05) is 64.2 Å². The fraction of sp³-hybridized carbons (Fsp3) is 0.667. The standard InChI is InChI=1S/C18H28N4O3/c1-21(13-15-2-5-19-6-3-15)18(23)20-12-17(16-4-9-25-14-16)22-7-10-24-11-8-22/h2-3,5-6,16-17H,4,7-14H2,1H3,(H,20,23)/t16-,17-/m0/s1. The molecule has 2 saturated heterocycles. The van der Waals surface area contributed by atoms with Crippen LogP contribution in [-0.2, 0) is 16.0 Å². The summed E-state index contributed by atoms with van der Waals surface area (Å²) in [6.07, 6.45) is 4.55. The van der Waals surface area contributed by atoms with Crippen molar-refractivity contribution in [3.05, 3.63) is 30.1 Å². The molecule has 7 nitrogen and oxygen atoms in total. The highest BCUT2D eigenvalue weighted by Crippen LogP contribution is 2.21. The van der Waals surface area contributed by atoms with Crippen LogP contribution in [-0.4, -0.2) is 80.0 Å². The Bertz CT molecular complexity index is 530. The van der Waals surface area contributed by atoms with E-state index in [0.717, 1.165) is 51.5 Å². The summed E-state index contributed by atoms with van der Waals surface area (Å²) in [5.74, 6) is 0.476. The molecule has 2 atom stereocenters. The highest BCUT2D eigenvalue weighted by Gasteiger charge is 2.31. The van der Waals surface area contributed by atoms with E-state index in [0.29, 0.717) is 25.0 Å². The predicted octanol–water partition coefficient (Wildman–Crippen LogP) is 0.960. The Balaban J connectivity index is 1.53. The molecule has 138 valence electrons. The van der Waals surface area contributed by atoms with Crippen LogP contribution in [0, 0.1) is 5.92 Å². The molecule has 3 heterocycles. The Morgan fingerprint density at radius 1 is 1.32 bits per heavy atom. The summed E-state index contributed by atoms with van der Waals surface area (Å²) in [5, 5.41) is 3.11. The minimum absolute atomic E-state index is 0.0472. The average Bonchev–Trinajstić information content (AvgIpc) is 3.18. The molecule has 0 saturated carbocycles. The van der Waals surface area contributed by atoms with Gasteiger partial charge in [-0.15, -0.1) is 0 Å². The number of hydrogen-bond donors (Lipinski definition) is 1. The van der Waals surface area contributed by atoms with Crippen molar-refractivity contribution in [3.63, 3.8) is 0 Å². The van der Waals surface area contributed by atoms with Crippen LogP contribution in [0.3, 0.4) is 0 Å². The van der Waals surface area contributed by atoms with Crippen LogP contribution in [0.4, 0.5) is 4.79 Å². The molecule has 0 aromatic carbocycles. The molecule has 1 N–H and O–H groups in total. The molecule has 2 amide bonds. The van der Waals surface area contributed by atoms with E-state index >= 15 is 0 Å². The smallest absolute Gasteiger partial charge is 0.317 e. The molecule has 0 aliphatic carbocycles. The van der Waals surface area contributed by atoms with Gasteiger partial charge in [0.25, 0.3) is 0 Å². The number of rotatable bonds is 6. The number of urea groups is 1. The molecule has 0 bridgehead atoms. The van der Waals surface area contributed by atoms with Gasteiger partial charge in [-0.1, -0.05) is 0 Å². The highest BCUT2D eigenvalue weighted by molar-refractivity contribution is 5.73. The summed E-state index contributed by atoms with van der Waals surface area (Å²) in [4.78, 5) is 20.6. The minimum Gasteiger partial charge on any atom is -0.381 e. The maximum atomic E-state index is 12.5. The minimum atomic E-state index is -0.0472. The van der Waals surface area contributed by atoms with Crippen molar-refractivity contribution in [1.29, 1.82) is 0 Å². The normalized spacial score (nSPS) is 22.5. The van der Waals surface area contributed by atoms with Crippen LogP contribution < -0.4 is 5.32 Å². The van der Waals surface area contributed by atoms with Crippen molar-refractivity contribution < 1.29 is 14.3 Å². The first kappa shape index (κ1) is 18.1. The van der Waals surface area contributed by atoms with E-state index in [9.17, 15) is 4.79 Å². The summed E-state index contributed by atoms with van der Waals surface area (Å²) >= 11 is 0. The predicted molar refractivity (Wildman–Crippen MR) is 94.2 cm³/mol. The Morgan fingerprint density at radius 2 is 2.08 bits per heavy atom. The maximum Gasteiger partial charge on any atom is 0.317 e. The molecule has 0 spiro atoms. The molecule has 25 heavy (non-hydrogen) atoms. The van der Waals surface area contributed by atoms with Gasteiger partial charge in [0.1, 0.15) is 0 Å². The third-order valence-electron chi connectivity index (χ3n) is 5.00. The van der Waals surface area contributed by atoms with Gasteiger partial charge in [0.2, 0.25) is 0 Å². The first-order valence-electron chi connectivity index (χ1n) is 9.01. The number of morpholine rings is 1. The van der Waals surface area contributed by atoms with Crippen molar-refractivity contribution in [2.75, 3.05) is 53.1 Å². The van der Waals surface area contributed by atoms with Crippen molar-refractivity contribution in [2.24, 2.45) is 5.92 Å². The van der Waals surface area contributed by atoms with Gasteiger partial charge in [-0.25, -0.2) is 4.79 Å². The Morgan fingerprint density at radius 3 is 2.76 bits per heavy atom. The first-order valence-corrected chi connectivity index (χ1v) is 9.01. The van der Waals surface area contributed by atoms with Crippen LogP contribution >= 0.6 is 0 Å². The fourth-order valence-corrected chi connectivity index (χ4v) is 3.52. The number of carbonyl (C=O) groups excluding carboxylic acids is 1. The lowest BCUT2D eigenvalue weighted by Gasteiger charge is -2.37. The molecule has 2 aliphatic rings. The van der Waals surface area contributed by atoms with Gasteiger partial charge < -0.3 is 19.7 Å². The molecule has 2 fully saturated rings. The maximum absolute atomic E-state index is 12.5. The Hall–Kier alpha value is -1.70. The van der Waals surface area contributed by atoms with Crippen LogP contribution in [0.2, 0.25) is 0 Å². The molecule has 1 aromatic heterocycles. The van der Waals surface area contributed by atoms with Crippen molar-refractivity contribution in [3.8, 4) is 0 Å². The van der Waals surface area contributed by atoms with E-state index < -0.39 is 0 Å². The lowest BCUT2D eigenvalue weighted by molar-refractivity contribution is 0.00190. The quantitative estimate of drug-likeness (QED) is 0.829. The number of ether oxygens (including phenoxy) is 2. The number of nitrogens with zero attached hydrogens (tertiary/aromatic N) is 3. The van der Waals surface area contributed by atoms with E-state index in [1.165, 1.54) is 0 Å². The number of pyridine rings is 1. The average molecular weight is 348 g/mol. The Kier molecular flexibility index (Phi) is 6.61. The van der Waals surface area contributed by atoms with Crippen molar-refractivity contribution in [1.82, 2.24) is 20.1 Å². The molecular formula is C18H28N4O3. The van der Waals surface area contributed by atoms with E-state index in [4.69, 9.17) is 9.47 Å². The summed E-state index contributed by atoms with van der Waals surface area (Å²) in [7, 11) is 1.82. The van der Waals surface area contributed by atoms with E-state index in [2.05, 4.69) is 15.2 Å². The summed E-state index contributed by atoms with van der Waals surface area (Å²) in [5.41, 5.74) is 1.07. The first-order chi connectivity index (χ1) is 12.2. The molecular weight excluding hydrogens is 320 g/mol. The second-order valence-corrected chi connectivity index (χ2v) is 6.74. The van der Waals surface area contributed by atoms with Gasteiger partial charge >= 0.3 is 6.03 Å².